The maximum absolute atomic E-state index is 13.2. The van der Waals surface area contributed by atoms with Gasteiger partial charge in [-0.15, -0.1) is 5.06 Å². The van der Waals surface area contributed by atoms with E-state index in [2.05, 4.69) is 0 Å². The van der Waals surface area contributed by atoms with Gasteiger partial charge in [0.25, 0.3) is 11.8 Å². The Morgan fingerprint density at radius 1 is 1.05 bits per heavy atom. The van der Waals surface area contributed by atoms with Gasteiger partial charge in [-0.05, 0) is 29.8 Å². The lowest BCUT2D eigenvalue weighted by atomic mass is 9.89. The van der Waals surface area contributed by atoms with Crippen LogP contribution < -0.4 is 9.47 Å². The number of ether oxygens (including phenoxy) is 3. The molecule has 11 nitrogen and oxygen atoms in total. The fraction of sp³-hybridized carbons (Fsp3) is 0.346. The summed E-state index contributed by atoms with van der Waals surface area (Å²) in [6.45, 7) is 0.278. The summed E-state index contributed by atoms with van der Waals surface area (Å²) in [7, 11) is 1.50. The molecule has 0 N–H and O–H groups in total. The summed E-state index contributed by atoms with van der Waals surface area (Å²) in [5.74, 6) is -2.55. The minimum Gasteiger partial charge on any atom is -0.492 e. The minimum absolute atomic E-state index is 0.0135. The molecule has 200 valence electrons. The van der Waals surface area contributed by atoms with Crippen molar-refractivity contribution >= 4 is 29.7 Å². The number of likely N-dealkylation sites (N-methyl/N-ethyl adjacent to an activating group) is 1. The second-order valence-corrected chi connectivity index (χ2v) is 8.63. The van der Waals surface area contributed by atoms with Gasteiger partial charge in [0.1, 0.15) is 23.9 Å². The molecule has 12 heteroatoms. The molecular weight excluding hydrogens is 503 g/mol. The van der Waals surface area contributed by atoms with Gasteiger partial charge in [0.15, 0.2) is 5.78 Å². The SMILES string of the molecule is CN(CCOCCC(=O)ON1C(=O)CCC1=O)C(=O)Oc1ccc2c(c1)OCC(c1ccc(F)cc1)C2=O. The molecule has 1 saturated heterocycles. The molecule has 3 amide bonds. The van der Waals surface area contributed by atoms with Crippen LogP contribution in [0.3, 0.4) is 0 Å². The van der Waals surface area contributed by atoms with Gasteiger partial charge in [-0.3, -0.25) is 14.4 Å². The van der Waals surface area contributed by atoms with Gasteiger partial charge in [0.2, 0.25) is 0 Å². The van der Waals surface area contributed by atoms with Crippen LogP contribution >= 0.6 is 0 Å². The van der Waals surface area contributed by atoms with Crippen molar-refractivity contribution in [2.45, 2.75) is 25.2 Å². The summed E-state index contributed by atoms with van der Waals surface area (Å²) in [6, 6.07) is 10.1. The van der Waals surface area contributed by atoms with E-state index in [0.29, 0.717) is 16.2 Å². The highest BCUT2D eigenvalue weighted by Gasteiger charge is 2.33. The van der Waals surface area contributed by atoms with Crippen molar-refractivity contribution in [3.8, 4) is 11.5 Å². The topological polar surface area (TPSA) is 129 Å². The maximum Gasteiger partial charge on any atom is 0.415 e. The molecule has 0 aromatic heterocycles. The van der Waals surface area contributed by atoms with Gasteiger partial charge in [-0.1, -0.05) is 12.1 Å². The average molecular weight is 528 g/mol. The van der Waals surface area contributed by atoms with E-state index < -0.39 is 35.6 Å². The third-order valence-corrected chi connectivity index (χ3v) is 5.95. The van der Waals surface area contributed by atoms with E-state index in [0.717, 1.165) is 0 Å². The molecule has 2 aliphatic rings. The number of hydroxylamine groups is 2. The quantitative estimate of drug-likeness (QED) is 0.356. The van der Waals surface area contributed by atoms with Crippen molar-refractivity contribution < 1.29 is 47.4 Å². The number of ketones is 1. The predicted molar refractivity (Wildman–Crippen MR) is 127 cm³/mol. The molecule has 2 aromatic carbocycles. The highest BCUT2D eigenvalue weighted by molar-refractivity contribution is 6.04. The van der Waals surface area contributed by atoms with Gasteiger partial charge in [-0.25, -0.2) is 14.0 Å². The molecule has 0 saturated carbocycles. The van der Waals surface area contributed by atoms with Crippen LogP contribution in [0.5, 0.6) is 11.5 Å². The first-order valence-electron chi connectivity index (χ1n) is 11.9. The Morgan fingerprint density at radius 2 is 1.76 bits per heavy atom. The minimum atomic E-state index is -0.779. The Labute approximate surface area is 216 Å². The fourth-order valence-electron chi connectivity index (χ4n) is 3.80. The van der Waals surface area contributed by atoms with Crippen LogP contribution in [0.1, 0.15) is 41.1 Å². The molecule has 1 fully saturated rings. The second-order valence-electron chi connectivity index (χ2n) is 8.63. The first kappa shape index (κ1) is 26.7. The highest BCUT2D eigenvalue weighted by atomic mass is 19.1. The summed E-state index contributed by atoms with van der Waals surface area (Å²) >= 11 is 0. The Bertz CT molecular complexity index is 1230. The first-order chi connectivity index (χ1) is 18.2. The monoisotopic (exact) mass is 528 g/mol. The summed E-state index contributed by atoms with van der Waals surface area (Å²) in [4.78, 5) is 65.9. The number of carbonyl (C=O) groups is 5. The Hall–Kier alpha value is -4.32. The molecule has 1 unspecified atom stereocenters. The molecule has 38 heavy (non-hydrogen) atoms. The lowest BCUT2D eigenvalue weighted by Crippen LogP contribution is -2.33. The van der Waals surface area contributed by atoms with Gasteiger partial charge in [0.05, 0.1) is 31.1 Å². The van der Waals surface area contributed by atoms with Crippen LogP contribution in [-0.4, -0.2) is 73.0 Å². The van der Waals surface area contributed by atoms with Gasteiger partial charge >= 0.3 is 12.1 Å². The van der Waals surface area contributed by atoms with E-state index in [9.17, 15) is 28.4 Å². The number of halogens is 1. The molecule has 0 aliphatic carbocycles. The smallest absolute Gasteiger partial charge is 0.415 e. The number of carbonyl (C=O) groups excluding carboxylic acids is 5. The van der Waals surface area contributed by atoms with E-state index in [1.165, 1.54) is 42.3 Å². The van der Waals surface area contributed by atoms with Gasteiger partial charge in [0, 0.05) is 32.5 Å². The number of benzene rings is 2. The molecule has 2 aliphatic heterocycles. The van der Waals surface area contributed by atoms with Crippen molar-refractivity contribution in [3.05, 3.63) is 59.4 Å². The van der Waals surface area contributed by atoms with Crippen LogP contribution in [0, 0.1) is 5.82 Å². The summed E-state index contributed by atoms with van der Waals surface area (Å²) in [6.07, 6.45) is -0.828. The van der Waals surface area contributed by atoms with Crippen LogP contribution in [0.4, 0.5) is 9.18 Å². The largest absolute Gasteiger partial charge is 0.492 e. The van der Waals surface area contributed by atoms with Crippen molar-refractivity contribution in [2.24, 2.45) is 0 Å². The Kier molecular flexibility index (Phi) is 8.31. The molecule has 0 radical (unpaired) electrons. The van der Waals surface area contributed by atoms with Crippen molar-refractivity contribution in [3.63, 3.8) is 0 Å². The molecule has 2 heterocycles. The molecule has 1 atom stereocenters. The van der Waals surface area contributed by atoms with E-state index in [-0.39, 0.29) is 62.9 Å². The lowest BCUT2D eigenvalue weighted by Gasteiger charge is -2.25. The molecular formula is C26H25FN2O9. The van der Waals surface area contributed by atoms with Crippen LogP contribution in [0.15, 0.2) is 42.5 Å². The van der Waals surface area contributed by atoms with Gasteiger partial charge in [-0.2, -0.15) is 0 Å². The standard InChI is InChI=1S/C26H25FN2O9/c1-28(11-13-35-12-10-24(32)38-29-22(30)8-9-23(29)31)26(34)37-18-6-7-19-21(14-18)36-15-20(25(19)33)16-2-4-17(27)5-3-16/h2-7,14,20H,8-13,15H2,1H3. The molecule has 0 bridgehead atoms. The number of nitrogens with zero attached hydrogens (tertiary/aromatic N) is 2. The Balaban J connectivity index is 1.20. The Morgan fingerprint density at radius 3 is 2.47 bits per heavy atom. The normalized spacial score (nSPS) is 16.6. The molecule has 0 spiro atoms. The van der Waals surface area contributed by atoms with Crippen molar-refractivity contribution in [1.29, 1.82) is 0 Å². The zero-order valence-electron chi connectivity index (χ0n) is 20.5. The van der Waals surface area contributed by atoms with E-state index in [4.69, 9.17) is 19.0 Å². The van der Waals surface area contributed by atoms with Crippen molar-refractivity contribution in [2.75, 3.05) is 33.4 Å². The van der Waals surface area contributed by atoms with Gasteiger partial charge < -0.3 is 23.9 Å². The molecule has 2 aromatic rings. The predicted octanol–water partition coefficient (Wildman–Crippen LogP) is 2.63. The first-order valence-corrected chi connectivity index (χ1v) is 11.9. The van der Waals surface area contributed by atoms with E-state index in [1.54, 1.807) is 12.1 Å². The summed E-state index contributed by atoms with van der Waals surface area (Å²) < 4.78 is 29.6. The summed E-state index contributed by atoms with van der Waals surface area (Å²) in [5.41, 5.74) is 0.985. The van der Waals surface area contributed by atoms with Crippen LogP contribution in [-0.2, 0) is 24.0 Å². The average Bonchev–Trinajstić information content (AvgIpc) is 3.21. The molecule has 4 rings (SSSR count). The van der Waals surface area contributed by atoms with Crippen LogP contribution in [0.25, 0.3) is 0 Å². The zero-order valence-corrected chi connectivity index (χ0v) is 20.5. The summed E-state index contributed by atoms with van der Waals surface area (Å²) in [5, 5.41) is 0.470. The van der Waals surface area contributed by atoms with Crippen molar-refractivity contribution in [1.82, 2.24) is 9.96 Å². The number of rotatable bonds is 9. The third-order valence-electron chi connectivity index (χ3n) is 5.95. The van der Waals surface area contributed by atoms with E-state index in [1.807, 2.05) is 0 Å². The fourth-order valence-corrected chi connectivity index (χ4v) is 3.80. The lowest BCUT2D eigenvalue weighted by molar-refractivity contribution is -0.198. The maximum atomic E-state index is 13.2. The number of fused-ring (bicyclic) bond motifs is 1. The second kappa shape index (κ2) is 11.8. The highest BCUT2D eigenvalue weighted by Crippen LogP contribution is 2.35. The number of hydrogen-bond donors (Lipinski definition) is 0. The number of amides is 3. The van der Waals surface area contributed by atoms with Crippen LogP contribution in [0.2, 0.25) is 0 Å². The van der Waals surface area contributed by atoms with E-state index >= 15 is 0 Å². The number of hydrogen-bond acceptors (Lipinski definition) is 9. The number of Topliss-reactive ketones (excluding diaryl/α,β-unsaturated/α-hetero) is 1. The number of imide groups is 1. The third kappa shape index (κ3) is 6.32. The zero-order chi connectivity index (χ0) is 27.2.